The van der Waals surface area contributed by atoms with E-state index in [2.05, 4.69) is 20.6 Å². The Morgan fingerprint density at radius 2 is 2.37 bits per heavy atom. The van der Waals surface area contributed by atoms with Crippen molar-refractivity contribution in [3.8, 4) is 5.75 Å². The van der Waals surface area contributed by atoms with Crippen LogP contribution in [0, 0.1) is 0 Å². The second kappa shape index (κ2) is 4.64. The maximum atomic E-state index is 11.5. The number of nitrogens with one attached hydrogen (secondary N) is 3. The predicted octanol–water partition coefficient (Wildman–Crippen LogP) is 1.74. The van der Waals surface area contributed by atoms with E-state index in [4.69, 9.17) is 4.74 Å². The van der Waals surface area contributed by atoms with Gasteiger partial charge in [-0.1, -0.05) is 0 Å². The molecule has 2 heterocycles. The van der Waals surface area contributed by atoms with Gasteiger partial charge >= 0.3 is 0 Å². The molecular formula is C13H14N4O2. The lowest BCUT2D eigenvalue weighted by Gasteiger charge is -2.23. The molecule has 1 aliphatic rings. The van der Waals surface area contributed by atoms with Crippen LogP contribution in [0.3, 0.4) is 0 Å². The smallest absolute Gasteiger partial charge is 0.265 e. The van der Waals surface area contributed by atoms with Crippen LogP contribution in [0.25, 0.3) is 0 Å². The highest BCUT2D eigenvalue weighted by Gasteiger charge is 2.23. The maximum Gasteiger partial charge on any atom is 0.265 e. The van der Waals surface area contributed by atoms with Gasteiger partial charge < -0.3 is 20.4 Å². The van der Waals surface area contributed by atoms with Gasteiger partial charge in [0.25, 0.3) is 5.91 Å². The van der Waals surface area contributed by atoms with Crippen molar-refractivity contribution < 1.29 is 9.53 Å². The van der Waals surface area contributed by atoms with Crippen molar-refractivity contribution >= 4 is 17.3 Å². The first-order valence-electron chi connectivity index (χ1n) is 6.06. The highest BCUT2D eigenvalue weighted by molar-refractivity contribution is 5.98. The minimum atomic E-state index is -0.450. The van der Waals surface area contributed by atoms with Gasteiger partial charge in [0.15, 0.2) is 6.10 Å². The first-order valence-corrected chi connectivity index (χ1v) is 6.06. The Labute approximate surface area is 110 Å². The molecular weight excluding hydrogens is 244 g/mol. The van der Waals surface area contributed by atoms with Gasteiger partial charge in [-0.15, -0.1) is 0 Å². The van der Waals surface area contributed by atoms with Crippen molar-refractivity contribution in [2.75, 3.05) is 10.6 Å². The number of carbonyl (C=O) groups excluding carboxylic acids is 1. The Morgan fingerprint density at radius 1 is 1.47 bits per heavy atom. The van der Waals surface area contributed by atoms with E-state index in [-0.39, 0.29) is 5.91 Å². The molecule has 3 rings (SSSR count). The lowest BCUT2D eigenvalue weighted by Crippen LogP contribution is -2.34. The van der Waals surface area contributed by atoms with E-state index >= 15 is 0 Å². The normalized spacial score (nSPS) is 17.3. The van der Waals surface area contributed by atoms with Crippen LogP contribution < -0.4 is 15.4 Å². The van der Waals surface area contributed by atoms with Gasteiger partial charge in [-0.05, 0) is 25.1 Å². The van der Waals surface area contributed by atoms with Gasteiger partial charge in [-0.2, -0.15) is 0 Å². The average Bonchev–Trinajstić information content (AvgIpc) is 2.91. The number of fused-ring (bicyclic) bond motifs is 1. The number of imidazole rings is 1. The summed E-state index contributed by atoms with van der Waals surface area (Å²) in [6, 6.07) is 5.60. The molecule has 1 atom stereocenters. The van der Waals surface area contributed by atoms with E-state index in [1.165, 1.54) is 0 Å². The number of hydrogen-bond donors (Lipinski definition) is 3. The van der Waals surface area contributed by atoms with Gasteiger partial charge in [-0.25, -0.2) is 4.98 Å². The Hall–Kier alpha value is -2.50. The summed E-state index contributed by atoms with van der Waals surface area (Å²) >= 11 is 0. The number of hydrogen-bond acceptors (Lipinski definition) is 4. The van der Waals surface area contributed by atoms with E-state index in [0.29, 0.717) is 18.0 Å². The second-order valence-corrected chi connectivity index (χ2v) is 4.35. The fraction of sp³-hybridized carbons (Fsp3) is 0.231. The molecule has 0 bridgehead atoms. The summed E-state index contributed by atoms with van der Waals surface area (Å²) in [5.74, 6) is 1.41. The number of aromatic nitrogens is 2. The van der Waals surface area contributed by atoms with Crippen LogP contribution in [0.5, 0.6) is 5.75 Å². The van der Waals surface area contributed by atoms with Crippen LogP contribution in [-0.2, 0) is 11.3 Å². The third-order valence-electron chi connectivity index (χ3n) is 2.93. The molecule has 0 saturated heterocycles. The number of nitrogens with zero attached hydrogens (tertiary/aromatic N) is 1. The van der Waals surface area contributed by atoms with E-state index in [1.54, 1.807) is 19.3 Å². The minimum absolute atomic E-state index is 0.129. The van der Waals surface area contributed by atoms with Gasteiger partial charge in [0.1, 0.15) is 11.6 Å². The lowest BCUT2D eigenvalue weighted by atomic mass is 10.2. The van der Waals surface area contributed by atoms with Crippen molar-refractivity contribution in [3.05, 3.63) is 36.4 Å². The van der Waals surface area contributed by atoms with Gasteiger partial charge in [-0.3, -0.25) is 4.79 Å². The average molecular weight is 258 g/mol. The predicted molar refractivity (Wildman–Crippen MR) is 71.1 cm³/mol. The monoisotopic (exact) mass is 258 g/mol. The van der Waals surface area contributed by atoms with Crippen molar-refractivity contribution in [1.82, 2.24) is 9.97 Å². The van der Waals surface area contributed by atoms with E-state index in [1.807, 2.05) is 18.2 Å². The van der Waals surface area contributed by atoms with Crippen LogP contribution in [-0.4, -0.2) is 22.0 Å². The zero-order valence-corrected chi connectivity index (χ0v) is 10.4. The molecule has 3 N–H and O–H groups in total. The summed E-state index contributed by atoms with van der Waals surface area (Å²) in [5, 5.41) is 6.04. The Kier molecular flexibility index (Phi) is 2.83. The van der Waals surface area contributed by atoms with E-state index in [0.717, 1.165) is 11.5 Å². The third kappa shape index (κ3) is 2.37. The van der Waals surface area contributed by atoms with Crippen LogP contribution in [0.2, 0.25) is 0 Å². The molecule has 1 aliphatic heterocycles. The molecule has 1 aromatic carbocycles. The van der Waals surface area contributed by atoms with Gasteiger partial charge in [0, 0.05) is 18.1 Å². The Morgan fingerprint density at radius 3 is 3.16 bits per heavy atom. The second-order valence-electron chi connectivity index (χ2n) is 4.35. The molecule has 1 unspecified atom stereocenters. The van der Waals surface area contributed by atoms with Crippen molar-refractivity contribution in [1.29, 1.82) is 0 Å². The molecule has 0 saturated carbocycles. The summed E-state index contributed by atoms with van der Waals surface area (Å²) in [6.45, 7) is 2.32. The number of rotatable bonds is 3. The van der Waals surface area contributed by atoms with Crippen molar-refractivity contribution in [2.24, 2.45) is 0 Å². The quantitative estimate of drug-likeness (QED) is 0.783. The molecule has 1 amide bonds. The zero-order chi connectivity index (χ0) is 13.2. The molecule has 19 heavy (non-hydrogen) atoms. The van der Waals surface area contributed by atoms with Crippen LogP contribution in [0.1, 0.15) is 12.7 Å². The molecule has 0 spiro atoms. The molecule has 2 aromatic rings. The Balaban J connectivity index is 1.74. The number of carbonyl (C=O) groups is 1. The summed E-state index contributed by atoms with van der Waals surface area (Å²) < 4.78 is 5.49. The van der Waals surface area contributed by atoms with E-state index in [9.17, 15) is 4.79 Å². The van der Waals surface area contributed by atoms with E-state index < -0.39 is 6.10 Å². The van der Waals surface area contributed by atoms with Gasteiger partial charge in [0.2, 0.25) is 0 Å². The number of benzene rings is 1. The number of ether oxygens (including phenoxy) is 1. The zero-order valence-electron chi connectivity index (χ0n) is 10.4. The largest absolute Gasteiger partial charge is 0.479 e. The standard InChI is InChI=1S/C13H14N4O2/c1-8-13(18)17-10-6-9(2-3-11(10)19-8)16-7-12-14-4-5-15-12/h2-6,8,16H,7H2,1H3,(H,14,15)(H,17,18). The molecule has 0 radical (unpaired) electrons. The Bertz CT molecular complexity index is 595. The molecule has 1 aromatic heterocycles. The molecule has 0 fully saturated rings. The SMILES string of the molecule is CC1Oc2ccc(NCc3ncc[nH]3)cc2NC1=O. The van der Waals surface area contributed by atoms with Crippen LogP contribution in [0.15, 0.2) is 30.6 Å². The van der Waals surface area contributed by atoms with Crippen LogP contribution in [0.4, 0.5) is 11.4 Å². The molecule has 98 valence electrons. The maximum absolute atomic E-state index is 11.5. The summed E-state index contributed by atoms with van der Waals surface area (Å²) in [6.07, 6.45) is 3.04. The minimum Gasteiger partial charge on any atom is -0.479 e. The number of aromatic amines is 1. The molecule has 0 aliphatic carbocycles. The van der Waals surface area contributed by atoms with Crippen molar-refractivity contribution in [3.63, 3.8) is 0 Å². The number of anilines is 2. The highest BCUT2D eigenvalue weighted by atomic mass is 16.5. The first kappa shape index (κ1) is 11.6. The van der Waals surface area contributed by atoms with Crippen molar-refractivity contribution in [2.45, 2.75) is 19.6 Å². The summed E-state index contributed by atoms with van der Waals surface area (Å²) in [4.78, 5) is 18.7. The molecule has 6 nitrogen and oxygen atoms in total. The third-order valence-corrected chi connectivity index (χ3v) is 2.93. The molecule has 6 heteroatoms. The fourth-order valence-electron chi connectivity index (χ4n) is 1.90. The first-order chi connectivity index (χ1) is 9.22. The highest BCUT2D eigenvalue weighted by Crippen LogP contribution is 2.32. The fourth-order valence-corrected chi connectivity index (χ4v) is 1.90. The number of amides is 1. The van der Waals surface area contributed by atoms with Crippen LogP contribution >= 0.6 is 0 Å². The number of H-pyrrole nitrogens is 1. The topological polar surface area (TPSA) is 79.0 Å². The summed E-state index contributed by atoms with van der Waals surface area (Å²) in [5.41, 5.74) is 1.58. The summed E-state index contributed by atoms with van der Waals surface area (Å²) in [7, 11) is 0. The van der Waals surface area contributed by atoms with Gasteiger partial charge in [0.05, 0.1) is 12.2 Å². The lowest BCUT2D eigenvalue weighted by molar-refractivity contribution is -0.122.